The number of nitrogens with zero attached hydrogens (tertiary/aromatic N) is 2. The van der Waals surface area contributed by atoms with Crippen molar-refractivity contribution in [3.05, 3.63) is 53.6 Å². The van der Waals surface area contributed by atoms with Crippen LogP contribution in [0.3, 0.4) is 0 Å². The van der Waals surface area contributed by atoms with Gasteiger partial charge in [-0.25, -0.2) is 13.2 Å². The molecule has 0 radical (unpaired) electrons. The van der Waals surface area contributed by atoms with E-state index < -0.39 is 68.7 Å². The minimum absolute atomic E-state index is 0.0275. The van der Waals surface area contributed by atoms with Gasteiger partial charge in [-0.05, 0) is 74.0 Å². The SMILES string of the molecule is C=C[C@@H]1C[C@]1(NC(=O)[C@@H]1C[C@@H]2CN1C(=O)[C@H](C1CCCC1)NC(=O)CCCC/C=C/c1cccc3c1CN(C3)C(=O)O2)C(=O)NS(=O)(=O)C1CC1. The van der Waals surface area contributed by atoms with Gasteiger partial charge in [0.05, 0.1) is 18.3 Å². The van der Waals surface area contributed by atoms with Gasteiger partial charge >= 0.3 is 6.09 Å². The number of benzene rings is 1. The lowest BCUT2D eigenvalue weighted by atomic mass is 9.96. The van der Waals surface area contributed by atoms with E-state index in [-0.39, 0.29) is 37.6 Å². The molecule has 7 rings (SSSR count). The predicted molar refractivity (Wildman–Crippen MR) is 187 cm³/mol. The summed E-state index contributed by atoms with van der Waals surface area (Å²) < 4.78 is 33.5. The summed E-state index contributed by atoms with van der Waals surface area (Å²) in [4.78, 5) is 72.0. The van der Waals surface area contributed by atoms with Gasteiger partial charge in [0.2, 0.25) is 27.7 Å². The number of ether oxygens (including phenoxy) is 1. The van der Waals surface area contributed by atoms with Gasteiger partial charge < -0.3 is 20.3 Å². The van der Waals surface area contributed by atoms with E-state index in [1.54, 1.807) is 4.90 Å². The molecule has 5 amide bonds. The number of hydrogen-bond donors (Lipinski definition) is 3. The molecule has 14 heteroatoms. The first kappa shape index (κ1) is 35.2. The van der Waals surface area contributed by atoms with Gasteiger partial charge in [0.15, 0.2) is 0 Å². The number of rotatable bonds is 7. The fraction of sp³-hybridized carbons (Fsp3) is 0.595. The second-order valence-electron chi connectivity index (χ2n) is 15.0. The van der Waals surface area contributed by atoms with E-state index in [4.69, 9.17) is 4.74 Å². The Hall–Kier alpha value is -4.20. The monoisotopic (exact) mass is 721 g/mol. The zero-order valence-corrected chi connectivity index (χ0v) is 29.6. The summed E-state index contributed by atoms with van der Waals surface area (Å²) in [6.07, 6.45) is 11.1. The van der Waals surface area contributed by atoms with Crippen molar-refractivity contribution < 1.29 is 37.1 Å². The molecule has 3 heterocycles. The summed E-state index contributed by atoms with van der Waals surface area (Å²) in [5.74, 6) is -2.78. The Bertz CT molecular complexity index is 1750. The highest BCUT2D eigenvalue weighted by Gasteiger charge is 2.62. The van der Waals surface area contributed by atoms with Crippen LogP contribution in [0.15, 0.2) is 36.9 Å². The average molecular weight is 722 g/mol. The van der Waals surface area contributed by atoms with Crippen molar-refractivity contribution >= 4 is 45.8 Å². The number of carbonyl (C=O) groups is 5. The van der Waals surface area contributed by atoms with E-state index in [9.17, 15) is 32.4 Å². The summed E-state index contributed by atoms with van der Waals surface area (Å²) in [7, 11) is -3.89. The molecule has 4 fully saturated rings. The number of nitrogens with one attached hydrogen (secondary N) is 3. The highest BCUT2D eigenvalue weighted by atomic mass is 32.2. The van der Waals surface area contributed by atoms with Crippen molar-refractivity contribution in [3.8, 4) is 0 Å². The maximum atomic E-state index is 14.5. The lowest BCUT2D eigenvalue weighted by molar-refractivity contribution is -0.143. The Morgan fingerprint density at radius 3 is 2.55 bits per heavy atom. The molecule has 6 aliphatic rings. The van der Waals surface area contributed by atoms with Crippen molar-refractivity contribution in [1.29, 1.82) is 0 Å². The number of amides is 5. The molecule has 3 aliphatic heterocycles. The summed E-state index contributed by atoms with van der Waals surface area (Å²) in [6.45, 7) is 4.43. The highest BCUT2D eigenvalue weighted by molar-refractivity contribution is 7.91. The van der Waals surface area contributed by atoms with Crippen LogP contribution in [0.25, 0.3) is 6.08 Å². The molecule has 1 aromatic carbocycles. The second kappa shape index (κ2) is 14.1. The molecule has 3 N–H and O–H groups in total. The van der Waals surface area contributed by atoms with Crippen molar-refractivity contribution in [2.45, 2.75) is 119 Å². The quantitative estimate of drug-likeness (QED) is 0.361. The molecule has 4 bridgehead atoms. The Morgan fingerprint density at radius 1 is 1.04 bits per heavy atom. The zero-order chi connectivity index (χ0) is 35.9. The molecule has 5 atom stereocenters. The first-order valence-corrected chi connectivity index (χ1v) is 19.9. The molecular weight excluding hydrogens is 675 g/mol. The first-order chi connectivity index (χ1) is 24.5. The summed E-state index contributed by atoms with van der Waals surface area (Å²) in [5.41, 5.74) is 1.54. The van der Waals surface area contributed by atoms with Crippen molar-refractivity contribution in [2.75, 3.05) is 6.54 Å². The maximum Gasteiger partial charge on any atom is 0.410 e. The van der Waals surface area contributed by atoms with E-state index in [1.165, 1.54) is 11.0 Å². The summed E-state index contributed by atoms with van der Waals surface area (Å²) in [5, 5.41) is 5.15. The van der Waals surface area contributed by atoms with Gasteiger partial charge in [0, 0.05) is 25.3 Å². The third-order valence-electron chi connectivity index (χ3n) is 11.4. The fourth-order valence-electron chi connectivity index (χ4n) is 8.20. The van der Waals surface area contributed by atoms with E-state index >= 15 is 0 Å². The lowest BCUT2D eigenvalue weighted by Gasteiger charge is -2.32. The minimum atomic E-state index is -3.89. The Labute approximate surface area is 298 Å². The first-order valence-electron chi connectivity index (χ1n) is 18.3. The highest BCUT2D eigenvalue weighted by Crippen LogP contribution is 2.45. The van der Waals surface area contributed by atoms with Gasteiger partial charge in [0.1, 0.15) is 23.7 Å². The number of hydrogen-bond acceptors (Lipinski definition) is 8. The molecule has 3 aliphatic carbocycles. The molecule has 0 unspecified atom stereocenters. The summed E-state index contributed by atoms with van der Waals surface area (Å²) >= 11 is 0. The maximum absolute atomic E-state index is 14.5. The van der Waals surface area contributed by atoms with Gasteiger partial charge in [-0.2, -0.15) is 0 Å². The van der Waals surface area contributed by atoms with E-state index in [0.717, 1.165) is 55.2 Å². The van der Waals surface area contributed by atoms with Crippen molar-refractivity contribution in [2.24, 2.45) is 11.8 Å². The molecule has 0 spiro atoms. The van der Waals surface area contributed by atoms with Crippen LogP contribution >= 0.6 is 0 Å². The normalized spacial score (nSPS) is 30.8. The fourth-order valence-corrected chi connectivity index (χ4v) is 9.56. The smallest absolute Gasteiger partial charge is 0.410 e. The minimum Gasteiger partial charge on any atom is -0.444 e. The van der Waals surface area contributed by atoms with Crippen molar-refractivity contribution in [1.82, 2.24) is 25.2 Å². The van der Waals surface area contributed by atoms with Gasteiger partial charge in [0.25, 0.3) is 5.91 Å². The zero-order valence-electron chi connectivity index (χ0n) is 28.8. The average Bonchev–Trinajstić information content (AvgIpc) is 3.88. The van der Waals surface area contributed by atoms with Crippen LogP contribution in [0, 0.1) is 11.8 Å². The van der Waals surface area contributed by atoms with Crippen LogP contribution in [-0.4, -0.2) is 83.5 Å². The standard InChI is InChI=1S/C37H47N5O8S/c1-2-26-19-37(26,35(46)40-51(48,49)28-16-17-28)39-33(44)30-18-27-21-42(30)34(45)32(24-11-7-8-12-24)38-31(43)15-6-4-3-5-10-23-13-9-14-25-20-41(22-29(23)25)36(47)50-27/h2,5,9-10,13-14,24,26-28,30,32H,1,3-4,6-8,11-12,15-22H2,(H,38,43)(H,39,44)(H,40,46)/b10-5+/t26-,27-,30+,32+,37-/m1/s1. The molecule has 0 aromatic heterocycles. The molecule has 51 heavy (non-hydrogen) atoms. The van der Waals surface area contributed by atoms with Crippen LogP contribution in [0.5, 0.6) is 0 Å². The third kappa shape index (κ3) is 7.29. The van der Waals surface area contributed by atoms with Crippen LogP contribution in [0.2, 0.25) is 0 Å². The van der Waals surface area contributed by atoms with Crippen LogP contribution in [0.1, 0.15) is 93.7 Å². The topological polar surface area (TPSA) is 171 Å². The van der Waals surface area contributed by atoms with E-state index in [1.807, 2.05) is 18.2 Å². The molecule has 1 saturated heterocycles. The predicted octanol–water partition coefficient (Wildman–Crippen LogP) is 3.04. The molecule has 3 saturated carbocycles. The Balaban J connectivity index is 1.16. The largest absolute Gasteiger partial charge is 0.444 e. The second-order valence-corrected chi connectivity index (χ2v) is 17.0. The van der Waals surface area contributed by atoms with Crippen LogP contribution < -0.4 is 15.4 Å². The van der Waals surface area contributed by atoms with Crippen LogP contribution in [0.4, 0.5) is 4.79 Å². The summed E-state index contributed by atoms with van der Waals surface area (Å²) in [6, 6.07) is 3.96. The van der Waals surface area contributed by atoms with Gasteiger partial charge in [-0.3, -0.25) is 28.8 Å². The number of carbonyl (C=O) groups excluding carboxylic acids is 5. The molecular formula is C37H47N5O8S. The number of allylic oxidation sites excluding steroid dienone is 1. The number of fused-ring (bicyclic) bond motifs is 3. The van der Waals surface area contributed by atoms with Gasteiger partial charge in [-0.1, -0.05) is 49.3 Å². The Morgan fingerprint density at radius 2 is 1.82 bits per heavy atom. The van der Waals surface area contributed by atoms with Crippen LogP contribution in [-0.2, 0) is 47.0 Å². The molecule has 1 aromatic rings. The molecule has 274 valence electrons. The Kier molecular flexibility index (Phi) is 9.72. The lowest BCUT2D eigenvalue weighted by Crippen LogP contribution is -2.59. The van der Waals surface area contributed by atoms with Gasteiger partial charge in [-0.15, -0.1) is 6.58 Å². The third-order valence-corrected chi connectivity index (χ3v) is 13.2. The number of sulfonamides is 1. The van der Waals surface area contributed by atoms with E-state index in [0.29, 0.717) is 32.4 Å². The molecule has 13 nitrogen and oxygen atoms in total. The van der Waals surface area contributed by atoms with Crippen molar-refractivity contribution in [3.63, 3.8) is 0 Å². The van der Waals surface area contributed by atoms with E-state index in [2.05, 4.69) is 34.1 Å².